The van der Waals surface area contributed by atoms with E-state index < -0.39 is 23.5 Å². The molecule has 0 bridgehead atoms. The summed E-state index contributed by atoms with van der Waals surface area (Å²) in [6.07, 6.45) is 0. The van der Waals surface area contributed by atoms with Crippen molar-refractivity contribution in [3.63, 3.8) is 0 Å². The summed E-state index contributed by atoms with van der Waals surface area (Å²) in [7, 11) is 0. The Kier molecular flexibility index (Phi) is 6.17. The van der Waals surface area contributed by atoms with Crippen molar-refractivity contribution in [3.05, 3.63) is 100 Å². The molecule has 1 atom stereocenters. The third-order valence-corrected chi connectivity index (χ3v) is 5.08. The summed E-state index contributed by atoms with van der Waals surface area (Å²) in [5, 5.41) is 17.0. The first kappa shape index (κ1) is 21.8. The van der Waals surface area contributed by atoms with E-state index in [-0.39, 0.29) is 16.5 Å². The van der Waals surface area contributed by atoms with Crippen LogP contribution in [0.3, 0.4) is 0 Å². The standard InChI is InChI=1S/C25H21N3O5/c1-2-33-20-15-9-8-14-19(20)26-23(29)22(16-10-4-3-5-11-16)28-24(30)18-13-7-6-12-17(18)21(27-28)25(31)32/h3-15,22H,2H2,1H3,(H,26,29)(H,31,32). The number of aromatic carboxylic acids is 1. The SMILES string of the molecule is CCOc1ccccc1NC(=O)C(c1ccccc1)n1nc(C(=O)O)c2ccccc2c1=O. The van der Waals surface area contributed by atoms with Gasteiger partial charge in [-0.2, -0.15) is 5.10 Å². The molecule has 33 heavy (non-hydrogen) atoms. The minimum Gasteiger partial charge on any atom is -0.492 e. The van der Waals surface area contributed by atoms with Crippen LogP contribution in [-0.2, 0) is 4.79 Å². The molecule has 2 N–H and O–H groups in total. The van der Waals surface area contributed by atoms with Crippen LogP contribution in [0.5, 0.6) is 5.75 Å². The number of aromatic nitrogens is 2. The first-order chi connectivity index (χ1) is 16.0. The number of carbonyl (C=O) groups excluding carboxylic acids is 1. The molecule has 0 aliphatic heterocycles. The lowest BCUT2D eigenvalue weighted by Crippen LogP contribution is -2.37. The molecule has 3 aromatic carbocycles. The summed E-state index contributed by atoms with van der Waals surface area (Å²) in [4.78, 5) is 38.8. The highest BCUT2D eigenvalue weighted by atomic mass is 16.5. The molecule has 0 fully saturated rings. The van der Waals surface area contributed by atoms with Crippen LogP contribution >= 0.6 is 0 Å². The molecular weight excluding hydrogens is 422 g/mol. The highest BCUT2D eigenvalue weighted by molar-refractivity contribution is 6.02. The molecule has 0 aliphatic rings. The van der Waals surface area contributed by atoms with Crippen molar-refractivity contribution in [2.75, 3.05) is 11.9 Å². The second-order valence-corrected chi connectivity index (χ2v) is 7.18. The Labute approximate surface area is 189 Å². The van der Waals surface area contributed by atoms with Crippen molar-refractivity contribution in [3.8, 4) is 5.75 Å². The molecule has 0 saturated heterocycles. The molecule has 0 radical (unpaired) electrons. The lowest BCUT2D eigenvalue weighted by Gasteiger charge is -2.21. The maximum absolute atomic E-state index is 13.5. The zero-order valence-electron chi connectivity index (χ0n) is 17.8. The van der Waals surface area contributed by atoms with Crippen molar-refractivity contribution in [1.82, 2.24) is 9.78 Å². The molecule has 0 aliphatic carbocycles. The smallest absolute Gasteiger partial charge is 0.357 e. The van der Waals surface area contributed by atoms with Crippen LogP contribution in [0.15, 0.2) is 83.7 Å². The van der Waals surface area contributed by atoms with Gasteiger partial charge in [0.15, 0.2) is 11.7 Å². The lowest BCUT2D eigenvalue weighted by molar-refractivity contribution is -0.118. The second-order valence-electron chi connectivity index (χ2n) is 7.18. The number of hydrogen-bond donors (Lipinski definition) is 2. The van der Waals surface area contributed by atoms with E-state index in [1.807, 2.05) is 6.92 Å². The van der Waals surface area contributed by atoms with Gasteiger partial charge >= 0.3 is 5.97 Å². The molecule has 1 heterocycles. The van der Waals surface area contributed by atoms with Gasteiger partial charge in [-0.25, -0.2) is 9.48 Å². The average Bonchev–Trinajstić information content (AvgIpc) is 2.83. The summed E-state index contributed by atoms with van der Waals surface area (Å²) in [6.45, 7) is 2.24. The summed E-state index contributed by atoms with van der Waals surface area (Å²) < 4.78 is 6.51. The minimum atomic E-state index is -1.30. The summed E-state index contributed by atoms with van der Waals surface area (Å²) in [5.41, 5.74) is 0.0223. The van der Waals surface area contributed by atoms with E-state index in [1.165, 1.54) is 12.1 Å². The molecule has 166 valence electrons. The van der Waals surface area contributed by atoms with Crippen LogP contribution < -0.4 is 15.6 Å². The minimum absolute atomic E-state index is 0.161. The maximum atomic E-state index is 13.5. The largest absolute Gasteiger partial charge is 0.492 e. The van der Waals surface area contributed by atoms with Gasteiger partial charge in [-0.1, -0.05) is 60.7 Å². The number of benzene rings is 3. The van der Waals surface area contributed by atoms with Gasteiger partial charge < -0.3 is 15.2 Å². The number of para-hydroxylation sites is 2. The molecule has 0 saturated carbocycles. The molecule has 8 heteroatoms. The number of rotatable bonds is 7. The first-order valence-electron chi connectivity index (χ1n) is 10.3. The van der Waals surface area contributed by atoms with Gasteiger partial charge in [0.05, 0.1) is 17.7 Å². The second kappa shape index (κ2) is 9.35. The van der Waals surface area contributed by atoms with E-state index in [2.05, 4.69) is 10.4 Å². The molecular formula is C25H21N3O5. The van der Waals surface area contributed by atoms with Gasteiger partial charge in [0.1, 0.15) is 5.75 Å². The number of nitrogens with zero attached hydrogens (tertiary/aromatic N) is 2. The van der Waals surface area contributed by atoms with E-state index in [0.29, 0.717) is 23.6 Å². The Bertz CT molecular complexity index is 1380. The van der Waals surface area contributed by atoms with E-state index >= 15 is 0 Å². The quantitative estimate of drug-likeness (QED) is 0.450. The van der Waals surface area contributed by atoms with E-state index in [1.54, 1.807) is 66.7 Å². The third kappa shape index (κ3) is 4.31. The third-order valence-electron chi connectivity index (χ3n) is 5.08. The molecule has 8 nitrogen and oxygen atoms in total. The number of carboxylic acid groups (broad SMARTS) is 1. The van der Waals surface area contributed by atoms with Crippen molar-refractivity contribution in [2.24, 2.45) is 0 Å². The fourth-order valence-corrected chi connectivity index (χ4v) is 3.63. The van der Waals surface area contributed by atoms with Gasteiger partial charge in [-0.05, 0) is 30.7 Å². The van der Waals surface area contributed by atoms with Gasteiger partial charge in [-0.3, -0.25) is 9.59 Å². The number of carboxylic acids is 1. The maximum Gasteiger partial charge on any atom is 0.357 e. The van der Waals surface area contributed by atoms with Crippen LogP contribution in [0.1, 0.15) is 29.0 Å². The first-order valence-corrected chi connectivity index (χ1v) is 10.3. The zero-order chi connectivity index (χ0) is 23.4. The van der Waals surface area contributed by atoms with Crippen molar-refractivity contribution < 1.29 is 19.4 Å². The van der Waals surface area contributed by atoms with Gasteiger partial charge in [-0.15, -0.1) is 0 Å². The van der Waals surface area contributed by atoms with Crippen molar-refractivity contribution in [1.29, 1.82) is 0 Å². The Balaban J connectivity index is 1.89. The lowest BCUT2D eigenvalue weighted by atomic mass is 10.1. The summed E-state index contributed by atoms with van der Waals surface area (Å²) in [6, 6.07) is 20.6. The van der Waals surface area contributed by atoms with Crippen LogP contribution in [0.25, 0.3) is 10.8 Å². The van der Waals surface area contributed by atoms with E-state index in [4.69, 9.17) is 4.74 Å². The molecule has 0 spiro atoms. The van der Waals surface area contributed by atoms with E-state index in [9.17, 15) is 19.5 Å². The predicted molar refractivity (Wildman–Crippen MR) is 124 cm³/mol. The van der Waals surface area contributed by atoms with E-state index in [0.717, 1.165) is 4.68 Å². The average molecular weight is 443 g/mol. The normalized spacial score (nSPS) is 11.7. The van der Waals surface area contributed by atoms with Crippen LogP contribution in [0.2, 0.25) is 0 Å². The van der Waals surface area contributed by atoms with Crippen LogP contribution in [0, 0.1) is 0 Å². The summed E-state index contributed by atoms with van der Waals surface area (Å²) >= 11 is 0. The monoisotopic (exact) mass is 443 g/mol. The fourth-order valence-electron chi connectivity index (χ4n) is 3.63. The number of fused-ring (bicyclic) bond motifs is 1. The molecule has 1 amide bonds. The number of ether oxygens (including phenoxy) is 1. The zero-order valence-corrected chi connectivity index (χ0v) is 17.8. The van der Waals surface area contributed by atoms with Gasteiger partial charge in [0.25, 0.3) is 11.5 Å². The molecule has 1 aromatic heterocycles. The number of anilines is 1. The number of hydrogen-bond acceptors (Lipinski definition) is 5. The highest BCUT2D eigenvalue weighted by Gasteiger charge is 2.28. The number of carbonyl (C=O) groups is 2. The predicted octanol–water partition coefficient (Wildman–Crippen LogP) is 3.72. The van der Waals surface area contributed by atoms with Crippen molar-refractivity contribution in [2.45, 2.75) is 13.0 Å². The molecule has 4 aromatic rings. The Morgan fingerprint density at radius 2 is 1.61 bits per heavy atom. The van der Waals surface area contributed by atoms with Crippen molar-refractivity contribution >= 4 is 28.3 Å². The highest BCUT2D eigenvalue weighted by Crippen LogP contribution is 2.27. The van der Waals surface area contributed by atoms with Gasteiger partial charge in [0, 0.05) is 5.39 Å². The fraction of sp³-hybridized carbons (Fsp3) is 0.120. The van der Waals surface area contributed by atoms with Crippen LogP contribution in [0.4, 0.5) is 5.69 Å². The molecule has 1 unspecified atom stereocenters. The molecule has 4 rings (SSSR count). The van der Waals surface area contributed by atoms with Gasteiger partial charge in [0.2, 0.25) is 0 Å². The Hall–Kier alpha value is -4.46. The topological polar surface area (TPSA) is 111 Å². The number of amides is 1. The van der Waals surface area contributed by atoms with Crippen LogP contribution in [-0.4, -0.2) is 33.4 Å². The number of nitrogens with one attached hydrogen (secondary N) is 1. The Morgan fingerprint density at radius 3 is 2.30 bits per heavy atom. The Morgan fingerprint density at radius 1 is 0.970 bits per heavy atom. The summed E-state index contributed by atoms with van der Waals surface area (Å²) in [5.74, 6) is -1.38.